The smallest absolute Gasteiger partial charge is 0.146 e. The standard InChI is InChI=1S/C8H17NO/c1-4-5-6-8(9-3)7(2)10/h8-9H,4-6H2,1-3H3/t8-/m0/s1. The van der Waals surface area contributed by atoms with Gasteiger partial charge in [-0.25, -0.2) is 0 Å². The van der Waals surface area contributed by atoms with Gasteiger partial charge >= 0.3 is 0 Å². The zero-order valence-electron chi connectivity index (χ0n) is 7.11. The second kappa shape index (κ2) is 5.42. The molecule has 1 N–H and O–H groups in total. The molecule has 60 valence electrons. The lowest BCUT2D eigenvalue weighted by molar-refractivity contribution is -0.119. The average Bonchev–Trinajstić information content (AvgIpc) is 1.89. The van der Waals surface area contributed by atoms with Gasteiger partial charge in [0.15, 0.2) is 0 Å². The van der Waals surface area contributed by atoms with Crippen molar-refractivity contribution in [1.82, 2.24) is 5.32 Å². The molecule has 0 aliphatic rings. The van der Waals surface area contributed by atoms with E-state index in [0.717, 1.165) is 19.3 Å². The van der Waals surface area contributed by atoms with Gasteiger partial charge in [0.1, 0.15) is 5.78 Å². The Hall–Kier alpha value is -0.370. The first kappa shape index (κ1) is 9.63. The van der Waals surface area contributed by atoms with Crippen molar-refractivity contribution >= 4 is 5.78 Å². The summed E-state index contributed by atoms with van der Waals surface area (Å²) in [6.07, 6.45) is 3.26. The maximum Gasteiger partial charge on any atom is 0.146 e. The topological polar surface area (TPSA) is 29.1 Å². The number of carbonyl (C=O) groups excluding carboxylic acids is 1. The van der Waals surface area contributed by atoms with E-state index in [0.29, 0.717) is 0 Å². The molecule has 2 heteroatoms. The minimum absolute atomic E-state index is 0.0833. The van der Waals surface area contributed by atoms with E-state index in [4.69, 9.17) is 0 Å². The third-order valence-corrected chi connectivity index (χ3v) is 1.69. The fourth-order valence-corrected chi connectivity index (χ4v) is 0.959. The number of unbranched alkanes of at least 4 members (excludes halogenated alkanes) is 1. The predicted molar refractivity (Wildman–Crippen MR) is 43.1 cm³/mol. The van der Waals surface area contributed by atoms with Crippen molar-refractivity contribution < 1.29 is 4.79 Å². The molecule has 10 heavy (non-hydrogen) atoms. The molecule has 0 saturated carbocycles. The first-order chi connectivity index (χ1) is 4.72. The monoisotopic (exact) mass is 143 g/mol. The summed E-state index contributed by atoms with van der Waals surface area (Å²) in [6.45, 7) is 3.77. The molecule has 0 radical (unpaired) electrons. The van der Waals surface area contributed by atoms with E-state index in [1.54, 1.807) is 6.92 Å². The lowest BCUT2D eigenvalue weighted by Crippen LogP contribution is -2.31. The van der Waals surface area contributed by atoms with Gasteiger partial charge in [0, 0.05) is 0 Å². The molecule has 0 spiro atoms. The summed E-state index contributed by atoms with van der Waals surface area (Å²) < 4.78 is 0. The van der Waals surface area contributed by atoms with Crippen LogP contribution in [0.2, 0.25) is 0 Å². The van der Waals surface area contributed by atoms with Crippen LogP contribution in [0.3, 0.4) is 0 Å². The molecular weight excluding hydrogens is 126 g/mol. The van der Waals surface area contributed by atoms with Gasteiger partial charge in [-0.1, -0.05) is 19.8 Å². The highest BCUT2D eigenvalue weighted by atomic mass is 16.1. The van der Waals surface area contributed by atoms with Gasteiger partial charge in [-0.05, 0) is 20.4 Å². The number of Topliss-reactive ketones (excluding diaryl/α,β-unsaturated/α-hetero) is 1. The third kappa shape index (κ3) is 3.62. The zero-order chi connectivity index (χ0) is 7.98. The molecule has 0 fully saturated rings. The third-order valence-electron chi connectivity index (χ3n) is 1.69. The fraction of sp³-hybridized carbons (Fsp3) is 0.875. The van der Waals surface area contributed by atoms with Crippen LogP contribution in [-0.4, -0.2) is 18.9 Å². The lowest BCUT2D eigenvalue weighted by Gasteiger charge is -2.10. The van der Waals surface area contributed by atoms with Crippen LogP contribution in [0.4, 0.5) is 0 Å². The van der Waals surface area contributed by atoms with Crippen molar-refractivity contribution in [3.8, 4) is 0 Å². The molecule has 1 atom stereocenters. The lowest BCUT2D eigenvalue weighted by atomic mass is 10.1. The Morgan fingerprint density at radius 3 is 2.50 bits per heavy atom. The average molecular weight is 143 g/mol. The molecule has 0 aliphatic heterocycles. The predicted octanol–water partition coefficient (Wildman–Crippen LogP) is 1.35. The van der Waals surface area contributed by atoms with E-state index < -0.39 is 0 Å². The summed E-state index contributed by atoms with van der Waals surface area (Å²) in [5.74, 6) is 0.246. The Morgan fingerprint density at radius 2 is 2.20 bits per heavy atom. The van der Waals surface area contributed by atoms with Gasteiger partial charge in [-0.15, -0.1) is 0 Å². The van der Waals surface area contributed by atoms with E-state index >= 15 is 0 Å². The van der Waals surface area contributed by atoms with Crippen LogP contribution < -0.4 is 5.32 Å². The number of hydrogen-bond donors (Lipinski definition) is 1. The van der Waals surface area contributed by atoms with Gasteiger partial charge in [0.2, 0.25) is 0 Å². The number of carbonyl (C=O) groups is 1. The maximum atomic E-state index is 10.8. The Morgan fingerprint density at radius 1 is 1.60 bits per heavy atom. The molecule has 0 aromatic heterocycles. The van der Waals surface area contributed by atoms with Crippen LogP contribution in [-0.2, 0) is 4.79 Å². The van der Waals surface area contributed by atoms with E-state index in [-0.39, 0.29) is 11.8 Å². The van der Waals surface area contributed by atoms with Crippen molar-refractivity contribution in [3.05, 3.63) is 0 Å². The van der Waals surface area contributed by atoms with Crippen molar-refractivity contribution in [1.29, 1.82) is 0 Å². The van der Waals surface area contributed by atoms with Gasteiger partial charge in [-0.3, -0.25) is 4.79 Å². The Bertz CT molecular complexity index is 101. The molecule has 2 nitrogen and oxygen atoms in total. The molecule has 0 saturated heterocycles. The number of ketones is 1. The highest BCUT2D eigenvalue weighted by Gasteiger charge is 2.08. The molecule has 0 unspecified atom stereocenters. The second-order valence-electron chi connectivity index (χ2n) is 2.59. The molecule has 0 aromatic rings. The normalized spacial score (nSPS) is 13.1. The first-order valence-corrected chi connectivity index (χ1v) is 3.90. The van der Waals surface area contributed by atoms with Crippen LogP contribution in [0.25, 0.3) is 0 Å². The maximum absolute atomic E-state index is 10.8. The summed E-state index contributed by atoms with van der Waals surface area (Å²) in [4.78, 5) is 10.8. The number of rotatable bonds is 5. The zero-order valence-corrected chi connectivity index (χ0v) is 7.11. The van der Waals surface area contributed by atoms with Gasteiger partial charge in [-0.2, -0.15) is 0 Å². The number of likely N-dealkylation sites (N-methyl/N-ethyl adjacent to an activating group) is 1. The van der Waals surface area contributed by atoms with Crippen LogP contribution in [0.5, 0.6) is 0 Å². The molecule has 0 aromatic carbocycles. The molecule has 0 bridgehead atoms. The van der Waals surface area contributed by atoms with Gasteiger partial charge < -0.3 is 5.32 Å². The Labute approximate surface area is 63.0 Å². The number of nitrogens with one attached hydrogen (secondary N) is 1. The van der Waals surface area contributed by atoms with Crippen molar-refractivity contribution in [2.24, 2.45) is 0 Å². The SMILES string of the molecule is CCCC[C@H](NC)C(C)=O. The largest absolute Gasteiger partial charge is 0.311 e. The number of hydrogen-bond acceptors (Lipinski definition) is 2. The van der Waals surface area contributed by atoms with Gasteiger partial charge in [0.05, 0.1) is 6.04 Å². The fourth-order valence-electron chi connectivity index (χ4n) is 0.959. The van der Waals surface area contributed by atoms with Crippen LogP contribution in [0.15, 0.2) is 0 Å². The molecule has 0 rings (SSSR count). The Balaban J connectivity index is 3.50. The van der Waals surface area contributed by atoms with Gasteiger partial charge in [0.25, 0.3) is 0 Å². The summed E-state index contributed by atoms with van der Waals surface area (Å²) in [5.41, 5.74) is 0. The summed E-state index contributed by atoms with van der Waals surface area (Å²) in [7, 11) is 1.84. The molecule has 0 amide bonds. The van der Waals surface area contributed by atoms with Crippen LogP contribution >= 0.6 is 0 Å². The van der Waals surface area contributed by atoms with Crippen LogP contribution in [0.1, 0.15) is 33.1 Å². The minimum atomic E-state index is 0.0833. The molecule has 0 heterocycles. The van der Waals surface area contributed by atoms with Crippen molar-refractivity contribution in [2.75, 3.05) is 7.05 Å². The summed E-state index contributed by atoms with van der Waals surface area (Å²) in [5, 5.41) is 2.99. The molecule has 0 aliphatic carbocycles. The highest BCUT2D eigenvalue weighted by Crippen LogP contribution is 2.00. The molecular formula is C8H17NO. The van der Waals surface area contributed by atoms with Crippen LogP contribution in [0, 0.1) is 0 Å². The second-order valence-corrected chi connectivity index (χ2v) is 2.59. The summed E-state index contributed by atoms with van der Waals surface area (Å²) in [6, 6.07) is 0.0833. The Kier molecular flexibility index (Phi) is 5.22. The quantitative estimate of drug-likeness (QED) is 0.629. The minimum Gasteiger partial charge on any atom is -0.311 e. The highest BCUT2D eigenvalue weighted by molar-refractivity contribution is 5.81. The first-order valence-electron chi connectivity index (χ1n) is 3.90. The van der Waals surface area contributed by atoms with E-state index in [9.17, 15) is 4.79 Å². The van der Waals surface area contributed by atoms with E-state index in [2.05, 4.69) is 12.2 Å². The van der Waals surface area contributed by atoms with Crippen molar-refractivity contribution in [2.45, 2.75) is 39.2 Å². The van der Waals surface area contributed by atoms with Crippen molar-refractivity contribution in [3.63, 3.8) is 0 Å². The van der Waals surface area contributed by atoms with E-state index in [1.807, 2.05) is 7.05 Å². The van der Waals surface area contributed by atoms with E-state index in [1.165, 1.54) is 0 Å². The summed E-state index contributed by atoms with van der Waals surface area (Å²) >= 11 is 0.